The van der Waals surface area contributed by atoms with E-state index in [1.807, 2.05) is 13.8 Å². The summed E-state index contributed by atoms with van der Waals surface area (Å²) >= 11 is 0. The van der Waals surface area contributed by atoms with Crippen LogP contribution in [0, 0.1) is 0 Å². The maximum absolute atomic E-state index is 12.0. The number of likely N-dealkylation sites (tertiary alicyclic amines) is 1. The Bertz CT molecular complexity index is 479. The highest BCUT2D eigenvalue weighted by Crippen LogP contribution is 2.24. The smallest absolute Gasteiger partial charge is 0.392 e. The third-order valence-corrected chi connectivity index (χ3v) is 3.12. The Morgan fingerprint density at radius 3 is 3.05 bits per heavy atom. The highest BCUT2D eigenvalue weighted by Gasteiger charge is 2.28. The van der Waals surface area contributed by atoms with Gasteiger partial charge >= 0.3 is 5.76 Å². The molecule has 0 aliphatic carbocycles. The summed E-state index contributed by atoms with van der Waals surface area (Å²) in [5.74, 6) is -0.221. The fraction of sp³-hybridized carbons (Fsp3) is 0.750. The zero-order chi connectivity index (χ0) is 13.8. The van der Waals surface area contributed by atoms with Crippen LogP contribution < -0.4 is 5.76 Å². The number of H-pyrrole nitrogens is 1. The van der Waals surface area contributed by atoms with Gasteiger partial charge in [-0.15, -0.1) is 5.10 Å². The van der Waals surface area contributed by atoms with Crippen molar-refractivity contribution < 1.29 is 13.9 Å². The fourth-order valence-corrected chi connectivity index (χ4v) is 2.15. The van der Waals surface area contributed by atoms with Crippen LogP contribution >= 0.6 is 0 Å². The number of hydrogen-bond donors (Lipinski definition) is 1. The Labute approximate surface area is 110 Å². The largest absolute Gasteiger partial charge is 0.434 e. The first-order valence-corrected chi connectivity index (χ1v) is 6.51. The Morgan fingerprint density at radius 1 is 1.63 bits per heavy atom. The van der Waals surface area contributed by atoms with Crippen molar-refractivity contribution >= 4 is 5.91 Å². The second kappa shape index (κ2) is 6.01. The number of piperidine rings is 1. The molecule has 7 nitrogen and oxygen atoms in total. The summed E-state index contributed by atoms with van der Waals surface area (Å²) in [5.41, 5.74) is 0. The van der Waals surface area contributed by atoms with Gasteiger partial charge in [0, 0.05) is 13.1 Å². The molecule has 106 valence electrons. The van der Waals surface area contributed by atoms with Crippen molar-refractivity contribution in [3.05, 3.63) is 16.4 Å². The summed E-state index contributed by atoms with van der Waals surface area (Å²) in [4.78, 5) is 24.6. The number of rotatable bonds is 4. The van der Waals surface area contributed by atoms with Gasteiger partial charge in [-0.05, 0) is 26.7 Å². The third kappa shape index (κ3) is 3.66. The highest BCUT2D eigenvalue weighted by molar-refractivity contribution is 5.77. The minimum atomic E-state index is -0.554. The van der Waals surface area contributed by atoms with Gasteiger partial charge < -0.3 is 14.1 Å². The molecular weight excluding hydrogens is 250 g/mol. The van der Waals surface area contributed by atoms with Crippen LogP contribution in [-0.4, -0.2) is 46.8 Å². The van der Waals surface area contributed by atoms with Crippen molar-refractivity contribution in [2.24, 2.45) is 0 Å². The van der Waals surface area contributed by atoms with Crippen LogP contribution in [0.3, 0.4) is 0 Å². The molecule has 1 atom stereocenters. The number of nitrogens with one attached hydrogen (secondary N) is 1. The zero-order valence-electron chi connectivity index (χ0n) is 11.2. The summed E-state index contributed by atoms with van der Waals surface area (Å²) in [6.07, 6.45) is 1.77. The maximum atomic E-state index is 12.0. The molecule has 19 heavy (non-hydrogen) atoms. The summed E-state index contributed by atoms with van der Waals surface area (Å²) in [7, 11) is 0. The van der Waals surface area contributed by atoms with E-state index in [0.717, 1.165) is 12.8 Å². The average molecular weight is 269 g/mol. The molecule has 1 aromatic rings. The minimum absolute atomic E-state index is 0.0179. The van der Waals surface area contributed by atoms with Crippen LogP contribution in [0.1, 0.15) is 38.5 Å². The fourth-order valence-electron chi connectivity index (χ4n) is 2.15. The second-order valence-electron chi connectivity index (χ2n) is 4.99. The quantitative estimate of drug-likeness (QED) is 0.859. The lowest BCUT2D eigenvalue weighted by Crippen LogP contribution is -2.41. The van der Waals surface area contributed by atoms with Crippen molar-refractivity contribution in [1.29, 1.82) is 0 Å². The van der Waals surface area contributed by atoms with Gasteiger partial charge in [0.05, 0.1) is 12.0 Å². The maximum Gasteiger partial charge on any atom is 0.434 e. The van der Waals surface area contributed by atoms with Crippen LogP contribution in [0.15, 0.2) is 9.21 Å². The van der Waals surface area contributed by atoms with Crippen molar-refractivity contribution in [3.63, 3.8) is 0 Å². The molecule has 1 amide bonds. The molecule has 1 aliphatic heterocycles. The van der Waals surface area contributed by atoms with Gasteiger partial charge in [0.1, 0.15) is 6.61 Å². The minimum Gasteiger partial charge on any atom is -0.392 e. The summed E-state index contributed by atoms with van der Waals surface area (Å²) in [6, 6.07) is 0. The third-order valence-electron chi connectivity index (χ3n) is 3.12. The van der Waals surface area contributed by atoms with E-state index in [4.69, 9.17) is 9.15 Å². The highest BCUT2D eigenvalue weighted by atomic mass is 16.5. The van der Waals surface area contributed by atoms with Gasteiger partial charge in [-0.1, -0.05) is 0 Å². The lowest BCUT2D eigenvalue weighted by Gasteiger charge is -2.31. The summed E-state index contributed by atoms with van der Waals surface area (Å²) < 4.78 is 10.3. The van der Waals surface area contributed by atoms with Gasteiger partial charge in [-0.2, -0.15) is 0 Å². The van der Waals surface area contributed by atoms with Crippen molar-refractivity contribution in [3.8, 4) is 0 Å². The summed E-state index contributed by atoms with van der Waals surface area (Å²) in [5, 5.41) is 6.08. The van der Waals surface area contributed by atoms with E-state index >= 15 is 0 Å². The molecule has 0 aromatic carbocycles. The Morgan fingerprint density at radius 2 is 2.42 bits per heavy atom. The molecule has 1 aromatic heterocycles. The lowest BCUT2D eigenvalue weighted by atomic mass is 9.98. The lowest BCUT2D eigenvalue weighted by molar-refractivity contribution is -0.138. The molecule has 7 heteroatoms. The number of ether oxygens (including phenoxy) is 1. The topological polar surface area (TPSA) is 88.4 Å². The first kappa shape index (κ1) is 13.8. The van der Waals surface area contributed by atoms with E-state index in [0.29, 0.717) is 19.0 Å². The standard InChI is InChI=1S/C12H19N3O4/c1-8(2)18-7-10(16)15-5-3-4-9(6-15)11-13-14-12(17)19-11/h8-9H,3-7H2,1-2H3,(H,14,17). The van der Waals surface area contributed by atoms with Crippen LogP contribution in [0.5, 0.6) is 0 Å². The first-order chi connectivity index (χ1) is 9.06. The van der Waals surface area contributed by atoms with Crippen molar-refractivity contribution in [2.45, 2.75) is 38.7 Å². The van der Waals surface area contributed by atoms with Gasteiger partial charge in [0.25, 0.3) is 0 Å². The number of carbonyl (C=O) groups is 1. The molecule has 1 fully saturated rings. The van der Waals surface area contributed by atoms with Crippen LogP contribution in [0.2, 0.25) is 0 Å². The van der Waals surface area contributed by atoms with Gasteiger partial charge in [-0.25, -0.2) is 9.89 Å². The monoisotopic (exact) mass is 269 g/mol. The van der Waals surface area contributed by atoms with Gasteiger partial charge in [-0.3, -0.25) is 4.79 Å². The molecule has 0 saturated carbocycles. The number of amides is 1. The van der Waals surface area contributed by atoms with Crippen LogP contribution in [0.25, 0.3) is 0 Å². The number of hydrogen-bond acceptors (Lipinski definition) is 5. The molecule has 2 heterocycles. The number of carbonyl (C=O) groups excluding carboxylic acids is 1. The zero-order valence-corrected chi connectivity index (χ0v) is 11.2. The van der Waals surface area contributed by atoms with Crippen LogP contribution in [-0.2, 0) is 9.53 Å². The molecule has 0 spiro atoms. The van der Waals surface area contributed by atoms with E-state index in [-0.39, 0.29) is 24.5 Å². The number of aromatic nitrogens is 2. The molecule has 0 bridgehead atoms. The predicted molar refractivity (Wildman–Crippen MR) is 66.8 cm³/mol. The van der Waals surface area contributed by atoms with Gasteiger partial charge in [0.2, 0.25) is 11.8 Å². The van der Waals surface area contributed by atoms with Crippen molar-refractivity contribution in [1.82, 2.24) is 15.1 Å². The molecule has 1 aliphatic rings. The molecule has 1 N–H and O–H groups in total. The molecule has 1 unspecified atom stereocenters. The van der Waals surface area contributed by atoms with Crippen molar-refractivity contribution in [2.75, 3.05) is 19.7 Å². The van der Waals surface area contributed by atoms with Gasteiger partial charge in [0.15, 0.2) is 0 Å². The SMILES string of the molecule is CC(C)OCC(=O)N1CCCC(c2n[nH]c(=O)o2)C1. The predicted octanol–water partition coefficient (Wildman–Crippen LogP) is 0.494. The Hall–Kier alpha value is -1.63. The van der Waals surface area contributed by atoms with E-state index < -0.39 is 5.76 Å². The van der Waals surface area contributed by atoms with E-state index in [2.05, 4.69) is 10.2 Å². The Kier molecular flexibility index (Phi) is 4.36. The molecule has 2 rings (SSSR count). The molecule has 1 saturated heterocycles. The van der Waals surface area contributed by atoms with E-state index in [9.17, 15) is 9.59 Å². The normalized spacial score (nSPS) is 19.9. The second-order valence-corrected chi connectivity index (χ2v) is 4.99. The molecule has 0 radical (unpaired) electrons. The average Bonchev–Trinajstić information content (AvgIpc) is 2.83. The molecular formula is C12H19N3O4. The van der Waals surface area contributed by atoms with E-state index in [1.165, 1.54) is 0 Å². The first-order valence-electron chi connectivity index (χ1n) is 6.51. The number of aromatic amines is 1. The van der Waals surface area contributed by atoms with E-state index in [1.54, 1.807) is 4.90 Å². The number of nitrogens with zero attached hydrogens (tertiary/aromatic N) is 2. The Balaban J connectivity index is 1.93. The van der Waals surface area contributed by atoms with Crippen LogP contribution in [0.4, 0.5) is 0 Å². The summed E-state index contributed by atoms with van der Waals surface area (Å²) in [6.45, 7) is 5.11.